The van der Waals surface area contributed by atoms with Crippen LogP contribution in [-0.2, 0) is 4.79 Å². The number of nitrogens with one attached hydrogen (secondary N) is 2. The smallest absolute Gasteiger partial charge is 0.223 e. The SMILES string of the molecule is CC1CCN(CCCNC(=O)C(C)C2CNC2)CC1. The van der Waals surface area contributed by atoms with Gasteiger partial charge in [0, 0.05) is 12.5 Å². The van der Waals surface area contributed by atoms with E-state index < -0.39 is 0 Å². The molecule has 4 heteroatoms. The van der Waals surface area contributed by atoms with Gasteiger partial charge in [-0.3, -0.25) is 4.79 Å². The predicted molar refractivity (Wildman–Crippen MR) is 78.0 cm³/mol. The van der Waals surface area contributed by atoms with Crippen molar-refractivity contribution in [2.75, 3.05) is 39.3 Å². The highest BCUT2D eigenvalue weighted by atomic mass is 16.1. The molecule has 0 saturated carbocycles. The molecule has 2 fully saturated rings. The van der Waals surface area contributed by atoms with Crippen LogP contribution >= 0.6 is 0 Å². The molecule has 2 heterocycles. The first-order valence-electron chi connectivity index (χ1n) is 7.87. The quantitative estimate of drug-likeness (QED) is 0.708. The molecular weight excluding hydrogens is 238 g/mol. The third kappa shape index (κ3) is 4.46. The molecule has 0 spiro atoms. The Hall–Kier alpha value is -0.610. The van der Waals surface area contributed by atoms with Crippen LogP contribution in [0, 0.1) is 17.8 Å². The van der Waals surface area contributed by atoms with Crippen molar-refractivity contribution in [2.45, 2.75) is 33.1 Å². The maximum Gasteiger partial charge on any atom is 0.223 e. The minimum Gasteiger partial charge on any atom is -0.356 e. The second kappa shape index (κ2) is 7.25. The van der Waals surface area contributed by atoms with Crippen molar-refractivity contribution < 1.29 is 4.79 Å². The van der Waals surface area contributed by atoms with Crippen molar-refractivity contribution in [1.82, 2.24) is 15.5 Å². The van der Waals surface area contributed by atoms with Crippen LogP contribution in [0.3, 0.4) is 0 Å². The fourth-order valence-electron chi connectivity index (χ4n) is 2.84. The Morgan fingerprint density at radius 3 is 2.63 bits per heavy atom. The second-order valence-electron chi connectivity index (χ2n) is 6.38. The molecule has 1 unspecified atom stereocenters. The Morgan fingerprint density at radius 2 is 2.05 bits per heavy atom. The van der Waals surface area contributed by atoms with Crippen molar-refractivity contribution in [3.8, 4) is 0 Å². The molecule has 2 N–H and O–H groups in total. The monoisotopic (exact) mass is 267 g/mol. The number of hydrogen-bond acceptors (Lipinski definition) is 3. The summed E-state index contributed by atoms with van der Waals surface area (Å²) in [4.78, 5) is 14.5. The van der Waals surface area contributed by atoms with Crippen LogP contribution in [0.25, 0.3) is 0 Å². The van der Waals surface area contributed by atoms with E-state index in [0.29, 0.717) is 5.92 Å². The number of likely N-dealkylation sites (tertiary alicyclic amines) is 1. The summed E-state index contributed by atoms with van der Waals surface area (Å²) in [6.07, 6.45) is 3.74. The first-order chi connectivity index (χ1) is 9.16. The van der Waals surface area contributed by atoms with Crippen LogP contribution in [0.2, 0.25) is 0 Å². The van der Waals surface area contributed by atoms with E-state index in [0.717, 1.165) is 38.5 Å². The Balaban J connectivity index is 1.52. The summed E-state index contributed by atoms with van der Waals surface area (Å²) in [5.41, 5.74) is 0. The van der Waals surface area contributed by atoms with E-state index in [4.69, 9.17) is 0 Å². The van der Waals surface area contributed by atoms with Crippen molar-refractivity contribution >= 4 is 5.91 Å². The minimum absolute atomic E-state index is 0.164. The van der Waals surface area contributed by atoms with Gasteiger partial charge in [0.05, 0.1) is 0 Å². The van der Waals surface area contributed by atoms with Gasteiger partial charge >= 0.3 is 0 Å². The predicted octanol–water partition coefficient (Wildman–Crippen LogP) is 1.08. The van der Waals surface area contributed by atoms with E-state index in [1.807, 2.05) is 6.92 Å². The number of carbonyl (C=O) groups is 1. The molecule has 2 rings (SSSR count). The number of carbonyl (C=O) groups excluding carboxylic acids is 1. The standard InChI is InChI=1S/C15H29N3O/c1-12-4-8-18(9-5-12)7-3-6-17-15(19)13(2)14-10-16-11-14/h12-14,16H,3-11H2,1-2H3,(H,17,19). The molecule has 1 amide bonds. The molecule has 19 heavy (non-hydrogen) atoms. The number of nitrogens with zero attached hydrogens (tertiary/aromatic N) is 1. The lowest BCUT2D eigenvalue weighted by Crippen LogP contribution is -2.49. The third-order valence-corrected chi connectivity index (χ3v) is 4.76. The summed E-state index contributed by atoms with van der Waals surface area (Å²) in [5, 5.41) is 6.31. The van der Waals surface area contributed by atoms with Crippen LogP contribution in [0.4, 0.5) is 0 Å². The van der Waals surface area contributed by atoms with Gasteiger partial charge < -0.3 is 15.5 Å². The van der Waals surface area contributed by atoms with E-state index in [1.165, 1.54) is 25.9 Å². The van der Waals surface area contributed by atoms with Gasteiger partial charge in [-0.15, -0.1) is 0 Å². The molecule has 0 aromatic heterocycles. The Bertz CT molecular complexity index is 283. The van der Waals surface area contributed by atoms with Gasteiger partial charge in [-0.25, -0.2) is 0 Å². The minimum atomic E-state index is 0.164. The lowest BCUT2D eigenvalue weighted by molar-refractivity contribution is -0.126. The van der Waals surface area contributed by atoms with E-state index >= 15 is 0 Å². The summed E-state index contributed by atoms with van der Waals surface area (Å²) >= 11 is 0. The molecule has 0 aromatic rings. The lowest BCUT2D eigenvalue weighted by atomic mass is 9.88. The second-order valence-corrected chi connectivity index (χ2v) is 6.38. The fraction of sp³-hybridized carbons (Fsp3) is 0.933. The highest BCUT2D eigenvalue weighted by Gasteiger charge is 2.28. The molecule has 1 atom stereocenters. The van der Waals surface area contributed by atoms with Crippen molar-refractivity contribution in [3.63, 3.8) is 0 Å². The van der Waals surface area contributed by atoms with Gasteiger partial charge in [-0.1, -0.05) is 13.8 Å². The molecule has 2 aliphatic heterocycles. The average Bonchev–Trinajstić information content (AvgIpc) is 2.34. The number of amides is 1. The van der Waals surface area contributed by atoms with E-state index in [1.54, 1.807) is 0 Å². The summed E-state index contributed by atoms with van der Waals surface area (Å²) in [7, 11) is 0. The summed E-state index contributed by atoms with van der Waals surface area (Å²) in [6, 6.07) is 0. The normalized spacial score (nSPS) is 23.9. The molecule has 0 bridgehead atoms. The highest BCUT2D eigenvalue weighted by Crippen LogP contribution is 2.16. The zero-order valence-corrected chi connectivity index (χ0v) is 12.5. The summed E-state index contributed by atoms with van der Waals surface area (Å²) in [6.45, 7) is 10.8. The van der Waals surface area contributed by atoms with Gasteiger partial charge in [0.1, 0.15) is 0 Å². The van der Waals surface area contributed by atoms with Crippen LogP contribution in [-0.4, -0.2) is 50.1 Å². The largest absolute Gasteiger partial charge is 0.356 e. The third-order valence-electron chi connectivity index (χ3n) is 4.76. The Morgan fingerprint density at radius 1 is 1.37 bits per heavy atom. The molecule has 0 aliphatic carbocycles. The van der Waals surface area contributed by atoms with Crippen molar-refractivity contribution in [2.24, 2.45) is 17.8 Å². The molecule has 2 saturated heterocycles. The molecule has 2 aliphatic rings. The van der Waals surface area contributed by atoms with Gasteiger partial charge in [0.25, 0.3) is 0 Å². The lowest BCUT2D eigenvalue weighted by Gasteiger charge is -2.32. The highest BCUT2D eigenvalue weighted by molar-refractivity contribution is 5.78. The van der Waals surface area contributed by atoms with Crippen LogP contribution in [0.5, 0.6) is 0 Å². The van der Waals surface area contributed by atoms with E-state index in [-0.39, 0.29) is 11.8 Å². The fourth-order valence-corrected chi connectivity index (χ4v) is 2.84. The molecule has 0 aromatic carbocycles. The Labute approximate surface area is 117 Å². The average molecular weight is 267 g/mol. The molecule has 110 valence electrons. The summed E-state index contributed by atoms with van der Waals surface area (Å²) < 4.78 is 0. The van der Waals surface area contributed by atoms with E-state index in [9.17, 15) is 4.79 Å². The number of piperidine rings is 1. The molecular formula is C15H29N3O. The van der Waals surface area contributed by atoms with Crippen molar-refractivity contribution in [1.29, 1.82) is 0 Å². The van der Waals surface area contributed by atoms with Crippen LogP contribution in [0.1, 0.15) is 33.1 Å². The van der Waals surface area contributed by atoms with Crippen LogP contribution < -0.4 is 10.6 Å². The van der Waals surface area contributed by atoms with Gasteiger partial charge in [-0.05, 0) is 63.8 Å². The van der Waals surface area contributed by atoms with E-state index in [2.05, 4.69) is 22.5 Å². The summed E-state index contributed by atoms with van der Waals surface area (Å²) in [5.74, 6) is 1.84. The zero-order chi connectivity index (χ0) is 13.7. The number of hydrogen-bond donors (Lipinski definition) is 2. The van der Waals surface area contributed by atoms with Gasteiger partial charge in [0.2, 0.25) is 5.91 Å². The Kier molecular flexibility index (Phi) is 5.64. The zero-order valence-electron chi connectivity index (χ0n) is 12.5. The van der Waals surface area contributed by atoms with Gasteiger partial charge in [0.15, 0.2) is 0 Å². The van der Waals surface area contributed by atoms with Crippen molar-refractivity contribution in [3.05, 3.63) is 0 Å². The number of rotatable bonds is 6. The van der Waals surface area contributed by atoms with Crippen LogP contribution in [0.15, 0.2) is 0 Å². The topological polar surface area (TPSA) is 44.4 Å². The van der Waals surface area contributed by atoms with Gasteiger partial charge in [-0.2, -0.15) is 0 Å². The molecule has 4 nitrogen and oxygen atoms in total. The maximum atomic E-state index is 11.9. The maximum absolute atomic E-state index is 11.9. The first kappa shape index (κ1) is 14.8. The first-order valence-corrected chi connectivity index (χ1v) is 7.87. The molecule has 0 radical (unpaired) electrons.